The lowest BCUT2D eigenvalue weighted by atomic mass is 10.0. The monoisotopic (exact) mass is 782 g/mol. The van der Waals surface area contributed by atoms with Gasteiger partial charge in [-0.15, -0.1) is 0 Å². The number of quaternary nitrogens is 1. The SMILES string of the molecule is CCCCCCCCCCCCCC/C=C/[C@@H](O)[C@H](COP(=O)(O)OCC[N+](C)(C)C)NC(=O)CCC/C=C\C/C=C\C/C=C\C/C=C\CC(O)CCC. The molecule has 0 spiro atoms. The molecule has 0 fully saturated rings. The number of amides is 1. The van der Waals surface area contributed by atoms with Crippen LogP contribution in [0.4, 0.5) is 0 Å². The Bertz CT molecular complexity index is 1080. The molecular formula is C44H82N2O7P+. The van der Waals surface area contributed by atoms with Crippen LogP contribution < -0.4 is 5.32 Å². The summed E-state index contributed by atoms with van der Waals surface area (Å²) in [4.78, 5) is 23.0. The minimum Gasteiger partial charge on any atom is -0.393 e. The predicted molar refractivity (Wildman–Crippen MR) is 227 cm³/mol. The van der Waals surface area contributed by atoms with E-state index >= 15 is 0 Å². The Balaban J connectivity index is 4.60. The van der Waals surface area contributed by atoms with Crippen LogP contribution >= 0.6 is 7.82 Å². The molecule has 0 heterocycles. The number of likely N-dealkylation sites (N-methyl/N-ethyl adjacent to an activating group) is 1. The Morgan fingerprint density at radius 3 is 1.76 bits per heavy atom. The van der Waals surface area contributed by atoms with E-state index in [1.54, 1.807) is 6.08 Å². The fraction of sp³-hybridized carbons (Fsp3) is 0.750. The van der Waals surface area contributed by atoms with Crippen molar-refractivity contribution in [3.05, 3.63) is 60.8 Å². The van der Waals surface area contributed by atoms with E-state index in [2.05, 4.69) is 61.7 Å². The van der Waals surface area contributed by atoms with E-state index in [9.17, 15) is 24.5 Å². The number of unbranched alkanes of at least 4 members (excludes halogenated alkanes) is 13. The highest BCUT2D eigenvalue weighted by molar-refractivity contribution is 7.47. The summed E-state index contributed by atoms with van der Waals surface area (Å²) in [6.07, 6.45) is 42.1. The summed E-state index contributed by atoms with van der Waals surface area (Å²) in [6, 6.07) is -0.886. The normalized spacial score (nSPS) is 15.6. The molecule has 0 aliphatic carbocycles. The van der Waals surface area contributed by atoms with E-state index in [4.69, 9.17) is 9.05 Å². The summed E-state index contributed by atoms with van der Waals surface area (Å²) in [5, 5.41) is 23.5. The fourth-order valence-electron chi connectivity index (χ4n) is 5.64. The summed E-state index contributed by atoms with van der Waals surface area (Å²) in [5.74, 6) is -0.247. The average Bonchev–Trinajstić information content (AvgIpc) is 3.11. The number of aliphatic hydroxyl groups excluding tert-OH is 2. The lowest BCUT2D eigenvalue weighted by Crippen LogP contribution is -2.45. The second-order valence-corrected chi connectivity index (χ2v) is 17.0. The van der Waals surface area contributed by atoms with Crippen molar-refractivity contribution in [3.63, 3.8) is 0 Å². The molecule has 0 aliphatic rings. The summed E-state index contributed by atoms with van der Waals surface area (Å²) >= 11 is 0. The molecule has 0 aromatic rings. The maximum Gasteiger partial charge on any atom is 0.472 e. The molecule has 1 amide bonds. The van der Waals surface area contributed by atoms with Gasteiger partial charge in [-0.05, 0) is 57.8 Å². The van der Waals surface area contributed by atoms with Gasteiger partial charge in [-0.25, -0.2) is 4.57 Å². The molecule has 0 rings (SSSR count). The number of phosphoric ester groups is 1. The van der Waals surface area contributed by atoms with Gasteiger partial charge in [0.15, 0.2) is 0 Å². The summed E-state index contributed by atoms with van der Waals surface area (Å²) in [7, 11) is 1.50. The number of aliphatic hydroxyl groups is 2. The molecule has 0 radical (unpaired) electrons. The van der Waals surface area contributed by atoms with E-state index in [1.165, 1.54) is 64.2 Å². The highest BCUT2D eigenvalue weighted by Gasteiger charge is 2.27. The van der Waals surface area contributed by atoms with Gasteiger partial charge in [0.1, 0.15) is 13.2 Å². The summed E-state index contributed by atoms with van der Waals surface area (Å²) in [6.45, 7) is 4.54. The van der Waals surface area contributed by atoms with Crippen LogP contribution in [0.25, 0.3) is 0 Å². The molecule has 4 atom stereocenters. The third-order valence-corrected chi connectivity index (χ3v) is 10.0. The van der Waals surface area contributed by atoms with Gasteiger partial charge in [-0.3, -0.25) is 13.8 Å². The molecule has 0 saturated heterocycles. The first kappa shape index (κ1) is 52.2. The summed E-state index contributed by atoms with van der Waals surface area (Å²) in [5.41, 5.74) is 0. The maximum absolute atomic E-state index is 12.8. The number of hydrogen-bond donors (Lipinski definition) is 4. The zero-order chi connectivity index (χ0) is 40.2. The average molecular weight is 782 g/mol. The molecule has 0 aromatic heterocycles. The van der Waals surface area contributed by atoms with Gasteiger partial charge >= 0.3 is 7.82 Å². The maximum atomic E-state index is 12.8. The van der Waals surface area contributed by atoms with Crippen molar-refractivity contribution in [3.8, 4) is 0 Å². The van der Waals surface area contributed by atoms with Gasteiger partial charge < -0.3 is 24.9 Å². The minimum absolute atomic E-state index is 0.0420. The number of nitrogens with one attached hydrogen (secondary N) is 1. The van der Waals surface area contributed by atoms with E-state index in [0.717, 1.165) is 64.2 Å². The molecule has 10 heteroatoms. The van der Waals surface area contributed by atoms with Crippen molar-refractivity contribution < 1.29 is 38.0 Å². The number of carbonyl (C=O) groups excluding carboxylic acids is 1. The molecule has 2 unspecified atom stereocenters. The molecule has 0 saturated carbocycles. The number of carbonyl (C=O) groups is 1. The van der Waals surface area contributed by atoms with Gasteiger partial charge in [-0.2, -0.15) is 0 Å². The van der Waals surface area contributed by atoms with Gasteiger partial charge in [-0.1, -0.05) is 152 Å². The van der Waals surface area contributed by atoms with Crippen molar-refractivity contribution in [1.82, 2.24) is 5.32 Å². The van der Waals surface area contributed by atoms with Crippen LogP contribution in [0.5, 0.6) is 0 Å². The van der Waals surface area contributed by atoms with E-state index in [0.29, 0.717) is 17.4 Å². The molecule has 0 bridgehead atoms. The Labute approximate surface area is 331 Å². The first-order valence-electron chi connectivity index (χ1n) is 21.2. The van der Waals surface area contributed by atoms with Crippen molar-refractivity contribution in [1.29, 1.82) is 0 Å². The highest BCUT2D eigenvalue weighted by Crippen LogP contribution is 2.43. The topological polar surface area (TPSA) is 125 Å². The Morgan fingerprint density at radius 1 is 0.685 bits per heavy atom. The van der Waals surface area contributed by atoms with E-state index in [-0.39, 0.29) is 31.6 Å². The quantitative estimate of drug-likeness (QED) is 0.0214. The number of nitrogens with zero attached hydrogens (tertiary/aromatic N) is 1. The summed E-state index contributed by atoms with van der Waals surface area (Å²) < 4.78 is 23.5. The number of rotatable bonds is 37. The van der Waals surface area contributed by atoms with Crippen molar-refractivity contribution in [2.45, 2.75) is 173 Å². The molecular weight excluding hydrogens is 699 g/mol. The third kappa shape index (κ3) is 37.1. The first-order chi connectivity index (χ1) is 25.9. The number of hydrogen-bond acceptors (Lipinski definition) is 6. The second-order valence-electron chi connectivity index (χ2n) is 15.5. The largest absolute Gasteiger partial charge is 0.472 e. The lowest BCUT2D eigenvalue weighted by Gasteiger charge is -2.25. The molecule has 54 heavy (non-hydrogen) atoms. The van der Waals surface area contributed by atoms with Crippen molar-refractivity contribution in [2.75, 3.05) is 40.9 Å². The van der Waals surface area contributed by atoms with E-state index < -0.39 is 20.0 Å². The van der Waals surface area contributed by atoms with Crippen LogP contribution in [-0.2, 0) is 18.4 Å². The minimum atomic E-state index is -4.36. The molecule has 0 aromatic carbocycles. The fourth-order valence-corrected chi connectivity index (χ4v) is 6.37. The highest BCUT2D eigenvalue weighted by atomic mass is 31.2. The third-order valence-electron chi connectivity index (χ3n) is 9.04. The van der Waals surface area contributed by atoms with Crippen LogP contribution in [0, 0.1) is 0 Å². The van der Waals surface area contributed by atoms with Crippen molar-refractivity contribution >= 4 is 13.7 Å². The molecule has 9 nitrogen and oxygen atoms in total. The second kappa shape index (κ2) is 35.6. The Morgan fingerprint density at radius 2 is 1.20 bits per heavy atom. The van der Waals surface area contributed by atoms with Gasteiger partial charge in [0.25, 0.3) is 0 Å². The predicted octanol–water partition coefficient (Wildman–Crippen LogP) is 10.4. The molecule has 4 N–H and O–H groups in total. The standard InChI is InChI=1S/C44H81N2O7P/c1-6-8-9-10-11-12-13-14-17-20-23-26-29-32-36-43(48)42(40-53-54(50,51)52-39-38-46(3,4)5)45-44(49)37-33-30-27-24-21-18-15-16-19-22-25-28-31-35-41(47)34-7-2/h15,18-19,22,24,27-28,31-32,36,41-43,47-48H,6-14,16-17,20-21,23,25-26,29-30,33-35,37-40H2,1-5H3,(H-,45,49,50,51)/p+1/b18-15-,22-19-,27-24-,31-28-,36-32+/t41?,42-,43+/m0/s1. The first-order valence-corrected chi connectivity index (χ1v) is 22.7. The van der Waals surface area contributed by atoms with Gasteiger partial charge in [0.05, 0.1) is 46.0 Å². The lowest BCUT2D eigenvalue weighted by molar-refractivity contribution is -0.870. The van der Waals surface area contributed by atoms with Crippen molar-refractivity contribution in [2.24, 2.45) is 0 Å². The Kier molecular flexibility index (Phi) is 34.4. The zero-order valence-electron chi connectivity index (χ0n) is 35.1. The Hall–Kier alpha value is -1.84. The van der Waals surface area contributed by atoms with E-state index in [1.807, 2.05) is 33.3 Å². The van der Waals surface area contributed by atoms with Gasteiger partial charge in [0, 0.05) is 6.42 Å². The van der Waals surface area contributed by atoms with Crippen LogP contribution in [0.15, 0.2) is 60.8 Å². The zero-order valence-corrected chi connectivity index (χ0v) is 35.9. The molecule has 0 aliphatic heterocycles. The number of allylic oxidation sites excluding steroid dienone is 8. The van der Waals surface area contributed by atoms with Crippen LogP contribution in [0.2, 0.25) is 0 Å². The van der Waals surface area contributed by atoms with Crippen LogP contribution in [0.1, 0.15) is 155 Å². The molecule has 314 valence electrons. The van der Waals surface area contributed by atoms with Crippen LogP contribution in [0.3, 0.4) is 0 Å². The van der Waals surface area contributed by atoms with Gasteiger partial charge in [0.2, 0.25) is 5.91 Å². The van der Waals surface area contributed by atoms with Crippen LogP contribution in [-0.4, -0.2) is 84.6 Å². The smallest absolute Gasteiger partial charge is 0.393 e. The number of phosphoric acid groups is 1.